The molecule has 2 rings (SSSR count). The molecule has 0 bridgehead atoms. The Hall–Kier alpha value is -3.42. The Labute approximate surface area is 177 Å². The Kier molecular flexibility index (Phi) is 8.80. The molecule has 0 radical (unpaired) electrons. The van der Waals surface area contributed by atoms with E-state index in [2.05, 4.69) is 15.6 Å². The van der Waals surface area contributed by atoms with Crippen LogP contribution in [-0.4, -0.2) is 65.3 Å². The van der Waals surface area contributed by atoms with Crippen LogP contribution in [0.2, 0.25) is 0 Å². The number of nitrogens with zero attached hydrogens (tertiary/aromatic N) is 2. The maximum absolute atomic E-state index is 12.2. The second-order valence-electron chi connectivity index (χ2n) is 6.49. The molecule has 0 saturated carbocycles. The molecule has 0 aliphatic rings. The highest BCUT2D eigenvalue weighted by Gasteiger charge is 2.11. The molecular formula is C22H30N4O4. The second kappa shape index (κ2) is 11.5. The van der Waals surface area contributed by atoms with Crippen molar-refractivity contribution in [2.75, 3.05) is 48.5 Å². The smallest absolute Gasteiger partial charge is 0.251 e. The van der Waals surface area contributed by atoms with Gasteiger partial charge in [-0.05, 0) is 36.4 Å². The number of guanidine groups is 1. The summed E-state index contributed by atoms with van der Waals surface area (Å²) in [6.45, 7) is 1.60. The molecule has 2 N–H and O–H groups in total. The van der Waals surface area contributed by atoms with Gasteiger partial charge in [0.05, 0.1) is 21.3 Å². The normalized spacial score (nSPS) is 10.9. The number of carbonyl (C=O) groups excluding carboxylic acids is 1. The largest absolute Gasteiger partial charge is 0.497 e. The number of nitrogens with one attached hydrogen (secondary N) is 2. The van der Waals surface area contributed by atoms with E-state index in [1.54, 1.807) is 52.6 Å². The first kappa shape index (κ1) is 22.9. The fraction of sp³-hybridized carbons (Fsp3) is 0.364. The van der Waals surface area contributed by atoms with Gasteiger partial charge in [-0.1, -0.05) is 0 Å². The molecule has 0 unspecified atom stereocenters. The van der Waals surface area contributed by atoms with E-state index in [4.69, 9.17) is 14.2 Å². The number of carbonyl (C=O) groups is 1. The Morgan fingerprint density at radius 1 is 0.933 bits per heavy atom. The van der Waals surface area contributed by atoms with Gasteiger partial charge in [-0.2, -0.15) is 0 Å². The van der Waals surface area contributed by atoms with Crippen LogP contribution in [0.15, 0.2) is 47.5 Å². The minimum Gasteiger partial charge on any atom is -0.497 e. The molecule has 162 valence electrons. The summed E-state index contributed by atoms with van der Waals surface area (Å²) in [7, 11) is 8.51. The van der Waals surface area contributed by atoms with Crippen molar-refractivity contribution in [2.45, 2.75) is 6.54 Å². The average Bonchev–Trinajstić information content (AvgIpc) is 2.79. The molecule has 30 heavy (non-hydrogen) atoms. The molecule has 0 aliphatic heterocycles. The highest BCUT2D eigenvalue weighted by molar-refractivity contribution is 5.94. The second-order valence-corrected chi connectivity index (χ2v) is 6.49. The summed E-state index contributed by atoms with van der Waals surface area (Å²) in [6.07, 6.45) is 0. The molecular weight excluding hydrogens is 384 g/mol. The van der Waals surface area contributed by atoms with Crippen LogP contribution in [0.3, 0.4) is 0 Å². The van der Waals surface area contributed by atoms with Crippen LogP contribution >= 0.6 is 0 Å². The van der Waals surface area contributed by atoms with Crippen LogP contribution in [0, 0.1) is 0 Å². The summed E-state index contributed by atoms with van der Waals surface area (Å²) in [6, 6.07) is 12.7. The lowest BCUT2D eigenvalue weighted by Crippen LogP contribution is -2.42. The van der Waals surface area contributed by atoms with Crippen LogP contribution in [0.4, 0.5) is 0 Å². The molecule has 0 aliphatic carbocycles. The van der Waals surface area contributed by atoms with Gasteiger partial charge in [0.2, 0.25) is 0 Å². The van der Waals surface area contributed by atoms with Crippen LogP contribution in [0.25, 0.3) is 0 Å². The Morgan fingerprint density at radius 2 is 1.57 bits per heavy atom. The van der Waals surface area contributed by atoms with Gasteiger partial charge in [0.15, 0.2) is 5.96 Å². The van der Waals surface area contributed by atoms with E-state index in [0.717, 1.165) is 17.1 Å². The van der Waals surface area contributed by atoms with Crippen molar-refractivity contribution in [2.24, 2.45) is 4.99 Å². The predicted molar refractivity (Wildman–Crippen MR) is 118 cm³/mol. The van der Waals surface area contributed by atoms with Crippen molar-refractivity contribution in [3.8, 4) is 17.2 Å². The van der Waals surface area contributed by atoms with Gasteiger partial charge in [-0.25, -0.2) is 0 Å². The summed E-state index contributed by atoms with van der Waals surface area (Å²) in [5.74, 6) is 2.79. The zero-order valence-electron chi connectivity index (χ0n) is 18.2. The third kappa shape index (κ3) is 6.30. The van der Waals surface area contributed by atoms with Crippen molar-refractivity contribution in [1.29, 1.82) is 0 Å². The first-order valence-electron chi connectivity index (χ1n) is 9.57. The number of amides is 1. The van der Waals surface area contributed by atoms with Crippen LogP contribution < -0.4 is 24.8 Å². The van der Waals surface area contributed by atoms with Crippen molar-refractivity contribution in [1.82, 2.24) is 15.5 Å². The lowest BCUT2D eigenvalue weighted by molar-refractivity contribution is 0.0954. The molecule has 0 spiro atoms. The minimum atomic E-state index is -0.134. The van der Waals surface area contributed by atoms with Crippen molar-refractivity contribution < 1.29 is 19.0 Å². The van der Waals surface area contributed by atoms with Crippen LogP contribution in [0.5, 0.6) is 17.2 Å². The Balaban J connectivity index is 1.84. The topological polar surface area (TPSA) is 84.4 Å². The standard InChI is InChI=1S/C22H30N4O4/c1-23-22(26(2)15-17-8-11-19(29-4)14-20(17)30-5)25-13-12-24-21(27)16-6-9-18(28-3)10-7-16/h6-11,14H,12-13,15H2,1-5H3,(H,23,25)(H,24,27). The molecule has 0 heterocycles. The van der Waals surface area contributed by atoms with Gasteiger partial charge in [0, 0.05) is 50.9 Å². The fourth-order valence-corrected chi connectivity index (χ4v) is 2.89. The Morgan fingerprint density at radius 3 is 2.17 bits per heavy atom. The van der Waals surface area contributed by atoms with Gasteiger partial charge in [-0.3, -0.25) is 9.79 Å². The lowest BCUT2D eigenvalue weighted by Gasteiger charge is -2.23. The molecule has 0 atom stereocenters. The summed E-state index contributed by atoms with van der Waals surface area (Å²) >= 11 is 0. The monoisotopic (exact) mass is 414 g/mol. The lowest BCUT2D eigenvalue weighted by atomic mass is 10.2. The summed E-state index contributed by atoms with van der Waals surface area (Å²) in [5.41, 5.74) is 1.60. The zero-order chi connectivity index (χ0) is 21.9. The highest BCUT2D eigenvalue weighted by atomic mass is 16.5. The predicted octanol–water partition coefficient (Wildman–Crippen LogP) is 2.15. The van der Waals surface area contributed by atoms with Crippen LogP contribution in [0.1, 0.15) is 15.9 Å². The zero-order valence-corrected chi connectivity index (χ0v) is 18.2. The van der Waals surface area contributed by atoms with Gasteiger partial charge >= 0.3 is 0 Å². The van der Waals surface area contributed by atoms with Crippen molar-refractivity contribution in [3.63, 3.8) is 0 Å². The number of methoxy groups -OCH3 is 3. The summed E-state index contributed by atoms with van der Waals surface area (Å²) in [4.78, 5) is 18.5. The van der Waals surface area contributed by atoms with Gasteiger partial charge in [-0.15, -0.1) is 0 Å². The van der Waals surface area contributed by atoms with Gasteiger partial charge < -0.3 is 29.7 Å². The first-order chi connectivity index (χ1) is 14.5. The third-order valence-corrected chi connectivity index (χ3v) is 4.52. The molecule has 8 nitrogen and oxygen atoms in total. The summed E-state index contributed by atoms with van der Waals surface area (Å²) < 4.78 is 15.8. The molecule has 2 aromatic rings. The number of rotatable bonds is 9. The summed E-state index contributed by atoms with van der Waals surface area (Å²) in [5, 5.41) is 6.14. The van der Waals surface area contributed by atoms with E-state index in [1.165, 1.54) is 0 Å². The molecule has 0 saturated heterocycles. The minimum absolute atomic E-state index is 0.134. The molecule has 8 heteroatoms. The van der Waals surface area contributed by atoms with Crippen molar-refractivity contribution >= 4 is 11.9 Å². The van der Waals surface area contributed by atoms with E-state index in [1.807, 2.05) is 30.1 Å². The molecule has 2 aromatic carbocycles. The molecule has 1 amide bonds. The first-order valence-corrected chi connectivity index (χ1v) is 9.57. The molecule has 0 fully saturated rings. The van der Waals surface area contributed by atoms with E-state index >= 15 is 0 Å². The number of benzene rings is 2. The van der Waals surface area contributed by atoms with Gasteiger partial charge in [0.1, 0.15) is 17.2 Å². The average molecular weight is 415 g/mol. The van der Waals surface area contributed by atoms with E-state index in [9.17, 15) is 4.79 Å². The number of aliphatic imine (C=N–C) groups is 1. The van der Waals surface area contributed by atoms with E-state index < -0.39 is 0 Å². The fourth-order valence-electron chi connectivity index (χ4n) is 2.89. The number of hydrogen-bond donors (Lipinski definition) is 2. The van der Waals surface area contributed by atoms with Crippen LogP contribution in [-0.2, 0) is 6.54 Å². The number of hydrogen-bond acceptors (Lipinski definition) is 5. The van der Waals surface area contributed by atoms with Gasteiger partial charge in [0.25, 0.3) is 5.91 Å². The van der Waals surface area contributed by atoms with E-state index in [0.29, 0.717) is 36.9 Å². The van der Waals surface area contributed by atoms with E-state index in [-0.39, 0.29) is 5.91 Å². The molecule has 0 aromatic heterocycles. The highest BCUT2D eigenvalue weighted by Crippen LogP contribution is 2.25. The maximum atomic E-state index is 12.2. The SMILES string of the molecule is CN=C(NCCNC(=O)c1ccc(OC)cc1)N(C)Cc1ccc(OC)cc1OC. The quantitative estimate of drug-likeness (QED) is 0.372. The number of ether oxygens (including phenoxy) is 3. The third-order valence-electron chi connectivity index (χ3n) is 4.52. The Bertz CT molecular complexity index is 853. The van der Waals surface area contributed by atoms with Crippen molar-refractivity contribution in [3.05, 3.63) is 53.6 Å². The maximum Gasteiger partial charge on any atom is 0.251 e.